The van der Waals surface area contributed by atoms with Gasteiger partial charge in [0.05, 0.1) is 5.69 Å². The van der Waals surface area contributed by atoms with E-state index in [9.17, 15) is 12.8 Å². The quantitative estimate of drug-likeness (QED) is 0.744. The molecule has 6 nitrogen and oxygen atoms in total. The van der Waals surface area contributed by atoms with Crippen LogP contribution in [0.25, 0.3) is 11.3 Å². The third-order valence-electron chi connectivity index (χ3n) is 3.88. The molecular weight excluding hydrogens is 367 g/mol. The Balaban J connectivity index is 2.00. The van der Waals surface area contributed by atoms with Gasteiger partial charge in [-0.3, -0.25) is 14.7 Å². The number of anilines is 1. The number of halogens is 1. The molecule has 1 N–H and O–H groups in total. The molecule has 136 valence electrons. The van der Waals surface area contributed by atoms with Crippen LogP contribution in [0.4, 0.5) is 10.1 Å². The maximum absolute atomic E-state index is 13.9. The molecule has 0 fully saturated rings. The van der Waals surface area contributed by atoms with Crippen LogP contribution in [0, 0.1) is 31.0 Å². The SMILES string of the molecule is Cc1cc(NS(=O)(=O)c2cnccc2C)cc(-c2cc(F)c(C#N)cn2)c1. The number of nitrogens with one attached hydrogen (secondary N) is 1. The first kappa shape index (κ1) is 18.5. The van der Waals surface area contributed by atoms with Crippen molar-refractivity contribution in [2.24, 2.45) is 0 Å². The Morgan fingerprint density at radius 2 is 1.93 bits per heavy atom. The molecule has 2 aromatic heterocycles. The first-order valence-electron chi connectivity index (χ1n) is 7.91. The lowest BCUT2D eigenvalue weighted by atomic mass is 10.1. The highest BCUT2D eigenvalue weighted by molar-refractivity contribution is 7.92. The number of hydrogen-bond donors (Lipinski definition) is 1. The van der Waals surface area contributed by atoms with E-state index in [0.29, 0.717) is 22.5 Å². The summed E-state index contributed by atoms with van der Waals surface area (Å²) in [6.07, 6.45) is 3.95. The van der Waals surface area contributed by atoms with E-state index < -0.39 is 15.8 Å². The smallest absolute Gasteiger partial charge is 0.263 e. The van der Waals surface area contributed by atoms with Gasteiger partial charge in [0, 0.05) is 35.9 Å². The minimum Gasteiger partial charge on any atom is -0.280 e. The van der Waals surface area contributed by atoms with Gasteiger partial charge in [-0.1, -0.05) is 0 Å². The Morgan fingerprint density at radius 3 is 2.59 bits per heavy atom. The summed E-state index contributed by atoms with van der Waals surface area (Å²) in [5.74, 6) is -0.683. The molecule has 0 aliphatic rings. The van der Waals surface area contributed by atoms with Gasteiger partial charge in [-0.05, 0) is 49.2 Å². The molecule has 0 saturated carbocycles. The summed E-state index contributed by atoms with van der Waals surface area (Å²) < 4.78 is 41.7. The molecule has 0 unspecified atom stereocenters. The normalized spacial score (nSPS) is 11.0. The lowest BCUT2D eigenvalue weighted by molar-refractivity contribution is 0.600. The summed E-state index contributed by atoms with van der Waals surface area (Å²) in [6, 6.07) is 9.45. The van der Waals surface area contributed by atoms with Crippen LogP contribution < -0.4 is 4.72 Å². The van der Waals surface area contributed by atoms with Crippen LogP contribution in [-0.4, -0.2) is 18.4 Å². The molecule has 3 rings (SSSR count). The van der Waals surface area contributed by atoms with Crippen molar-refractivity contribution in [3.63, 3.8) is 0 Å². The summed E-state index contributed by atoms with van der Waals surface area (Å²) in [5.41, 5.74) is 2.33. The fourth-order valence-electron chi connectivity index (χ4n) is 2.60. The predicted molar refractivity (Wildman–Crippen MR) is 98.9 cm³/mol. The second kappa shape index (κ2) is 7.13. The predicted octanol–water partition coefficient (Wildman–Crippen LogP) is 3.57. The number of hydrogen-bond acceptors (Lipinski definition) is 5. The van der Waals surface area contributed by atoms with E-state index in [0.717, 1.165) is 17.8 Å². The number of nitrogens with zero attached hydrogens (tertiary/aromatic N) is 3. The standard InChI is InChI=1S/C19H15FN4O2S/c1-12-5-14(18-8-17(20)15(9-21)10-23-18)7-16(6-12)24-27(25,26)19-11-22-4-3-13(19)2/h3-8,10-11,24H,1-2H3. The van der Waals surface area contributed by atoms with Gasteiger partial charge in [-0.2, -0.15) is 5.26 Å². The van der Waals surface area contributed by atoms with Gasteiger partial charge in [0.2, 0.25) is 0 Å². The zero-order chi connectivity index (χ0) is 19.6. The van der Waals surface area contributed by atoms with E-state index in [2.05, 4.69) is 14.7 Å². The van der Waals surface area contributed by atoms with Crippen molar-refractivity contribution in [2.45, 2.75) is 18.7 Å². The van der Waals surface area contributed by atoms with Crippen molar-refractivity contribution < 1.29 is 12.8 Å². The van der Waals surface area contributed by atoms with Crippen molar-refractivity contribution in [1.29, 1.82) is 5.26 Å². The summed E-state index contributed by atoms with van der Waals surface area (Å²) in [4.78, 5) is 8.03. The lowest BCUT2D eigenvalue weighted by Crippen LogP contribution is -2.14. The van der Waals surface area contributed by atoms with E-state index in [1.165, 1.54) is 12.4 Å². The van der Waals surface area contributed by atoms with Crippen LogP contribution >= 0.6 is 0 Å². The minimum atomic E-state index is -3.83. The Kier molecular flexibility index (Phi) is 4.88. The number of rotatable bonds is 4. The molecule has 0 atom stereocenters. The van der Waals surface area contributed by atoms with E-state index >= 15 is 0 Å². The van der Waals surface area contributed by atoms with Crippen LogP contribution in [0.5, 0.6) is 0 Å². The molecule has 0 aliphatic heterocycles. The Hall–Kier alpha value is -3.31. The van der Waals surface area contributed by atoms with Gasteiger partial charge in [-0.25, -0.2) is 12.8 Å². The summed E-state index contributed by atoms with van der Waals surface area (Å²) >= 11 is 0. The molecule has 0 spiro atoms. The van der Waals surface area contributed by atoms with E-state index in [1.54, 1.807) is 44.2 Å². The third-order valence-corrected chi connectivity index (χ3v) is 5.39. The monoisotopic (exact) mass is 382 g/mol. The van der Waals surface area contributed by atoms with E-state index in [1.807, 2.05) is 0 Å². The molecule has 0 bridgehead atoms. The fraction of sp³-hybridized carbons (Fsp3) is 0.105. The molecule has 8 heteroatoms. The molecule has 0 amide bonds. The molecular formula is C19H15FN4O2S. The van der Waals surface area contributed by atoms with Crippen LogP contribution in [0.3, 0.4) is 0 Å². The number of benzene rings is 1. The van der Waals surface area contributed by atoms with Crippen molar-refractivity contribution in [2.75, 3.05) is 4.72 Å². The molecule has 0 radical (unpaired) electrons. The van der Waals surface area contributed by atoms with Gasteiger partial charge >= 0.3 is 0 Å². The Labute approximate surface area is 156 Å². The van der Waals surface area contributed by atoms with Crippen LogP contribution in [-0.2, 0) is 10.0 Å². The lowest BCUT2D eigenvalue weighted by Gasteiger charge is -2.12. The maximum Gasteiger partial charge on any atom is 0.263 e. The van der Waals surface area contributed by atoms with Crippen molar-refractivity contribution >= 4 is 15.7 Å². The number of aryl methyl sites for hydroxylation is 2. The average Bonchev–Trinajstić information content (AvgIpc) is 2.61. The van der Waals surface area contributed by atoms with E-state index in [4.69, 9.17) is 5.26 Å². The number of pyridine rings is 2. The molecule has 0 aliphatic carbocycles. The number of aromatic nitrogens is 2. The van der Waals surface area contributed by atoms with Gasteiger partial charge in [0.25, 0.3) is 10.0 Å². The topological polar surface area (TPSA) is 95.7 Å². The zero-order valence-corrected chi connectivity index (χ0v) is 15.4. The maximum atomic E-state index is 13.9. The Morgan fingerprint density at radius 1 is 1.15 bits per heavy atom. The molecule has 1 aromatic carbocycles. The summed E-state index contributed by atoms with van der Waals surface area (Å²) in [5, 5.41) is 8.81. The fourth-order valence-corrected chi connectivity index (χ4v) is 3.83. The summed E-state index contributed by atoms with van der Waals surface area (Å²) in [6.45, 7) is 3.47. The van der Waals surface area contributed by atoms with Crippen LogP contribution in [0.1, 0.15) is 16.7 Å². The van der Waals surface area contributed by atoms with Gasteiger partial charge in [0.15, 0.2) is 0 Å². The second-order valence-corrected chi connectivity index (χ2v) is 7.65. The third kappa shape index (κ3) is 3.93. The highest BCUT2D eigenvalue weighted by atomic mass is 32.2. The molecule has 0 saturated heterocycles. The van der Waals surface area contributed by atoms with Crippen LogP contribution in [0.15, 0.2) is 53.8 Å². The van der Waals surface area contributed by atoms with E-state index in [-0.39, 0.29) is 10.5 Å². The zero-order valence-electron chi connectivity index (χ0n) is 14.6. The largest absolute Gasteiger partial charge is 0.280 e. The minimum absolute atomic E-state index is 0.0793. The highest BCUT2D eigenvalue weighted by Crippen LogP contribution is 2.26. The molecule has 27 heavy (non-hydrogen) atoms. The Bertz CT molecular complexity index is 1170. The number of sulfonamides is 1. The number of nitriles is 1. The second-order valence-electron chi connectivity index (χ2n) is 6.00. The molecule has 3 aromatic rings. The van der Waals surface area contributed by atoms with Crippen molar-refractivity contribution in [1.82, 2.24) is 9.97 Å². The summed E-state index contributed by atoms with van der Waals surface area (Å²) in [7, 11) is -3.83. The van der Waals surface area contributed by atoms with Gasteiger partial charge in [-0.15, -0.1) is 0 Å². The first-order valence-corrected chi connectivity index (χ1v) is 9.39. The van der Waals surface area contributed by atoms with Gasteiger partial charge < -0.3 is 0 Å². The first-order chi connectivity index (χ1) is 12.8. The average molecular weight is 382 g/mol. The molecule has 2 heterocycles. The van der Waals surface area contributed by atoms with Gasteiger partial charge in [0.1, 0.15) is 22.3 Å². The van der Waals surface area contributed by atoms with Crippen molar-refractivity contribution in [3.8, 4) is 17.3 Å². The van der Waals surface area contributed by atoms with Crippen LogP contribution in [0.2, 0.25) is 0 Å². The highest BCUT2D eigenvalue weighted by Gasteiger charge is 2.18. The van der Waals surface area contributed by atoms with Crippen molar-refractivity contribution in [3.05, 3.63) is 71.4 Å².